The van der Waals surface area contributed by atoms with Gasteiger partial charge in [-0.1, -0.05) is 69.9 Å². The maximum atomic E-state index is 12.6. The monoisotopic (exact) mass is 503 g/mol. The number of aliphatic carboxylic acids is 1. The summed E-state index contributed by atoms with van der Waals surface area (Å²) in [7, 11) is -3.77. The van der Waals surface area contributed by atoms with Gasteiger partial charge in [-0.15, -0.1) is 0 Å². The van der Waals surface area contributed by atoms with Crippen LogP contribution in [0.15, 0.2) is 47.5 Å². The maximum absolute atomic E-state index is 12.6. The van der Waals surface area contributed by atoms with Crippen LogP contribution in [0.4, 0.5) is 5.82 Å². The summed E-state index contributed by atoms with van der Waals surface area (Å²) in [6, 6.07) is 9.69. The number of unbranched alkanes of at least 4 members (excludes halogenated alkanes) is 10. The van der Waals surface area contributed by atoms with E-state index in [1.165, 1.54) is 56.9 Å². The molecule has 8 nitrogen and oxygen atoms in total. The number of anilines is 1. The summed E-state index contributed by atoms with van der Waals surface area (Å²) >= 11 is 0. The van der Waals surface area contributed by atoms with Crippen LogP contribution < -0.4 is 10.5 Å². The summed E-state index contributed by atoms with van der Waals surface area (Å²) in [6.07, 6.45) is 14.9. The highest BCUT2D eigenvalue weighted by Crippen LogP contribution is 2.17. The Balaban J connectivity index is 1.59. The molecule has 35 heavy (non-hydrogen) atoms. The average Bonchev–Trinajstić information content (AvgIpc) is 2.82. The van der Waals surface area contributed by atoms with Crippen molar-refractivity contribution in [1.29, 1.82) is 0 Å². The molecule has 1 amide bonds. The second-order valence-corrected chi connectivity index (χ2v) is 10.5. The van der Waals surface area contributed by atoms with E-state index in [1.54, 1.807) is 12.1 Å². The lowest BCUT2D eigenvalue weighted by Crippen LogP contribution is -2.15. The molecule has 0 aliphatic heterocycles. The zero-order valence-corrected chi connectivity index (χ0v) is 21.1. The van der Waals surface area contributed by atoms with Crippen molar-refractivity contribution in [3.8, 4) is 0 Å². The number of carboxylic acids is 1. The Bertz CT molecular complexity index is 1020. The molecule has 0 bridgehead atoms. The molecule has 0 aliphatic rings. The van der Waals surface area contributed by atoms with E-state index in [9.17, 15) is 18.0 Å². The molecule has 0 spiro atoms. The van der Waals surface area contributed by atoms with E-state index in [1.807, 2.05) is 12.1 Å². The Morgan fingerprint density at radius 1 is 0.800 bits per heavy atom. The molecule has 0 aliphatic carbocycles. The van der Waals surface area contributed by atoms with E-state index < -0.39 is 21.9 Å². The predicted octanol–water partition coefficient (Wildman–Crippen LogP) is 5.29. The van der Waals surface area contributed by atoms with Crippen LogP contribution >= 0.6 is 0 Å². The third-order valence-electron chi connectivity index (χ3n) is 5.88. The molecule has 0 saturated heterocycles. The fraction of sp³-hybridized carbons (Fsp3) is 0.500. The minimum Gasteiger partial charge on any atom is -0.481 e. The third kappa shape index (κ3) is 11.4. The minimum atomic E-state index is -3.77. The van der Waals surface area contributed by atoms with Gasteiger partial charge in [-0.2, -0.15) is 0 Å². The van der Waals surface area contributed by atoms with Crippen molar-refractivity contribution >= 4 is 27.7 Å². The number of aryl methyl sites for hydroxylation is 1. The highest BCUT2D eigenvalue weighted by molar-refractivity contribution is 7.92. The summed E-state index contributed by atoms with van der Waals surface area (Å²) in [5, 5.41) is 8.61. The first-order chi connectivity index (χ1) is 16.8. The van der Waals surface area contributed by atoms with Crippen LogP contribution in [0.1, 0.15) is 93.0 Å². The van der Waals surface area contributed by atoms with Gasteiger partial charge in [-0.25, -0.2) is 13.4 Å². The molecule has 192 valence electrons. The highest BCUT2D eigenvalue weighted by Gasteiger charge is 2.15. The van der Waals surface area contributed by atoms with Crippen LogP contribution in [0.2, 0.25) is 0 Å². The first kappa shape index (κ1) is 28.3. The summed E-state index contributed by atoms with van der Waals surface area (Å²) in [5.41, 5.74) is 6.48. The SMILES string of the molecule is NC(=O)c1ccc(NS(=O)(=O)c2ccc(CCCCCCCCCCCCCC(=O)O)cc2)nc1. The van der Waals surface area contributed by atoms with Gasteiger partial charge in [0, 0.05) is 12.6 Å². The van der Waals surface area contributed by atoms with Crippen molar-refractivity contribution in [3.63, 3.8) is 0 Å². The van der Waals surface area contributed by atoms with Crippen LogP contribution in [0, 0.1) is 0 Å². The number of pyridine rings is 1. The minimum absolute atomic E-state index is 0.120. The average molecular weight is 504 g/mol. The summed E-state index contributed by atoms with van der Waals surface area (Å²) in [4.78, 5) is 25.6. The van der Waals surface area contributed by atoms with Crippen molar-refractivity contribution in [2.24, 2.45) is 5.73 Å². The van der Waals surface area contributed by atoms with Crippen molar-refractivity contribution in [1.82, 2.24) is 4.98 Å². The number of hydrogen-bond acceptors (Lipinski definition) is 5. The van der Waals surface area contributed by atoms with E-state index in [0.29, 0.717) is 0 Å². The topological polar surface area (TPSA) is 139 Å². The molecule has 1 aromatic heterocycles. The van der Waals surface area contributed by atoms with E-state index in [-0.39, 0.29) is 22.7 Å². The molecule has 0 saturated carbocycles. The molecule has 9 heteroatoms. The number of primary amides is 1. The molecule has 1 aromatic carbocycles. The molecule has 2 rings (SSSR count). The maximum Gasteiger partial charge on any atom is 0.303 e. The van der Waals surface area contributed by atoms with Crippen molar-refractivity contribution in [2.45, 2.75) is 88.4 Å². The van der Waals surface area contributed by atoms with E-state index >= 15 is 0 Å². The number of benzene rings is 1. The molecule has 0 fully saturated rings. The number of carbonyl (C=O) groups excluding carboxylic acids is 1. The third-order valence-corrected chi connectivity index (χ3v) is 7.25. The summed E-state index contributed by atoms with van der Waals surface area (Å²) in [5.74, 6) is -1.21. The van der Waals surface area contributed by atoms with Gasteiger partial charge in [0.2, 0.25) is 5.91 Å². The van der Waals surface area contributed by atoms with Crippen molar-refractivity contribution in [2.75, 3.05) is 4.72 Å². The second-order valence-electron chi connectivity index (χ2n) is 8.83. The van der Waals surface area contributed by atoms with Gasteiger partial charge in [-0.05, 0) is 49.1 Å². The smallest absolute Gasteiger partial charge is 0.303 e. The Kier molecular flexibility index (Phi) is 12.2. The fourth-order valence-corrected chi connectivity index (χ4v) is 4.84. The van der Waals surface area contributed by atoms with E-state index in [4.69, 9.17) is 10.8 Å². The lowest BCUT2D eigenvalue weighted by atomic mass is 10.0. The molecule has 2 aromatic rings. The number of hydrogen-bond donors (Lipinski definition) is 3. The Morgan fingerprint density at radius 2 is 1.34 bits per heavy atom. The predicted molar refractivity (Wildman–Crippen MR) is 137 cm³/mol. The molecule has 0 radical (unpaired) electrons. The van der Waals surface area contributed by atoms with Gasteiger partial charge in [0.1, 0.15) is 5.82 Å². The van der Waals surface area contributed by atoms with Gasteiger partial charge >= 0.3 is 5.97 Å². The number of aromatic nitrogens is 1. The summed E-state index contributed by atoms with van der Waals surface area (Å²) < 4.78 is 27.5. The van der Waals surface area contributed by atoms with Crippen LogP contribution in [-0.2, 0) is 21.2 Å². The zero-order chi connectivity index (χ0) is 25.5. The van der Waals surface area contributed by atoms with Gasteiger partial charge in [0.25, 0.3) is 10.0 Å². The Labute approximate surface area is 208 Å². The number of nitrogens with one attached hydrogen (secondary N) is 1. The normalized spacial score (nSPS) is 11.3. The molecular formula is C26H37N3O5S. The van der Waals surface area contributed by atoms with Crippen molar-refractivity contribution in [3.05, 3.63) is 53.7 Å². The quantitative estimate of drug-likeness (QED) is 0.236. The first-order valence-corrected chi connectivity index (χ1v) is 13.9. The highest BCUT2D eigenvalue weighted by atomic mass is 32.2. The Hall–Kier alpha value is -2.94. The van der Waals surface area contributed by atoms with E-state index in [0.717, 1.165) is 44.1 Å². The van der Waals surface area contributed by atoms with Gasteiger partial charge in [0.15, 0.2) is 0 Å². The van der Waals surface area contributed by atoms with Crippen LogP contribution in [0.25, 0.3) is 0 Å². The number of carbonyl (C=O) groups is 2. The van der Waals surface area contributed by atoms with Gasteiger partial charge in [-0.3, -0.25) is 14.3 Å². The van der Waals surface area contributed by atoms with Crippen LogP contribution in [0.5, 0.6) is 0 Å². The number of rotatable bonds is 18. The number of nitrogens with zero attached hydrogens (tertiary/aromatic N) is 1. The lowest BCUT2D eigenvalue weighted by molar-refractivity contribution is -0.137. The second kappa shape index (κ2) is 15.1. The zero-order valence-electron chi connectivity index (χ0n) is 20.2. The molecule has 0 unspecified atom stereocenters. The number of carboxylic acid groups (broad SMARTS) is 1. The summed E-state index contributed by atoms with van der Waals surface area (Å²) in [6.45, 7) is 0. The van der Waals surface area contributed by atoms with Gasteiger partial charge in [0.05, 0.1) is 10.5 Å². The Morgan fingerprint density at radius 3 is 1.83 bits per heavy atom. The number of amides is 1. The van der Waals surface area contributed by atoms with Gasteiger partial charge < -0.3 is 10.8 Å². The van der Waals surface area contributed by atoms with Crippen LogP contribution in [-0.4, -0.2) is 30.4 Å². The molecule has 1 heterocycles. The molecule has 4 N–H and O–H groups in total. The largest absolute Gasteiger partial charge is 0.481 e. The first-order valence-electron chi connectivity index (χ1n) is 12.4. The van der Waals surface area contributed by atoms with E-state index in [2.05, 4.69) is 9.71 Å². The molecular weight excluding hydrogens is 466 g/mol. The number of nitrogens with two attached hydrogens (primary N) is 1. The molecule has 0 atom stereocenters. The number of sulfonamides is 1. The van der Waals surface area contributed by atoms with Crippen molar-refractivity contribution < 1.29 is 23.1 Å². The standard InChI is InChI=1S/C26H37N3O5S/c27-26(32)22-16-19-24(28-20-22)29-35(33,34)23-17-14-21(15-18-23)12-10-8-6-4-2-1-3-5-7-9-11-13-25(30)31/h14-20H,1-13H2,(H2,27,32)(H,28,29)(H,30,31). The fourth-order valence-electron chi connectivity index (χ4n) is 3.83. The lowest BCUT2D eigenvalue weighted by Gasteiger charge is -2.09. The van der Waals surface area contributed by atoms with Crippen LogP contribution in [0.3, 0.4) is 0 Å².